The van der Waals surface area contributed by atoms with E-state index < -0.39 is 10.0 Å². The van der Waals surface area contributed by atoms with Gasteiger partial charge in [-0.25, -0.2) is 13.1 Å². The Labute approximate surface area is 123 Å². The SMILES string of the molecule is CNCc1sc(S(=O)(=O)NCc2ccncc2)cc1C. The Kier molecular flexibility index (Phi) is 4.87. The molecule has 2 N–H and O–H groups in total. The van der Waals surface area contributed by atoms with E-state index in [4.69, 9.17) is 0 Å². The van der Waals surface area contributed by atoms with Gasteiger partial charge in [-0.15, -0.1) is 11.3 Å². The highest BCUT2D eigenvalue weighted by molar-refractivity contribution is 7.91. The molecule has 0 aliphatic heterocycles. The van der Waals surface area contributed by atoms with Crippen molar-refractivity contribution >= 4 is 21.4 Å². The van der Waals surface area contributed by atoms with Gasteiger partial charge in [0.25, 0.3) is 0 Å². The zero-order valence-electron chi connectivity index (χ0n) is 11.4. The highest BCUT2D eigenvalue weighted by Crippen LogP contribution is 2.25. The number of nitrogens with one attached hydrogen (secondary N) is 2. The summed E-state index contributed by atoms with van der Waals surface area (Å²) >= 11 is 1.30. The third-order valence-corrected chi connectivity index (χ3v) is 5.93. The van der Waals surface area contributed by atoms with Crippen molar-refractivity contribution in [1.29, 1.82) is 0 Å². The van der Waals surface area contributed by atoms with Crippen LogP contribution in [-0.4, -0.2) is 20.4 Å². The van der Waals surface area contributed by atoms with E-state index >= 15 is 0 Å². The second-order valence-corrected chi connectivity index (χ2v) is 7.51. The number of thiophene rings is 1. The topological polar surface area (TPSA) is 71.1 Å². The molecule has 7 heteroatoms. The number of aromatic nitrogens is 1. The summed E-state index contributed by atoms with van der Waals surface area (Å²) in [6.45, 7) is 2.87. The third-order valence-electron chi connectivity index (χ3n) is 2.82. The van der Waals surface area contributed by atoms with E-state index in [0.29, 0.717) is 10.8 Å². The minimum atomic E-state index is -3.46. The normalized spacial score (nSPS) is 11.7. The maximum absolute atomic E-state index is 12.2. The van der Waals surface area contributed by atoms with E-state index in [1.54, 1.807) is 30.6 Å². The van der Waals surface area contributed by atoms with Crippen LogP contribution in [0.25, 0.3) is 0 Å². The Balaban J connectivity index is 2.12. The van der Waals surface area contributed by atoms with Gasteiger partial charge in [-0.2, -0.15) is 0 Å². The minimum Gasteiger partial charge on any atom is -0.315 e. The summed E-state index contributed by atoms with van der Waals surface area (Å²) < 4.78 is 27.4. The number of aryl methyl sites for hydroxylation is 1. The predicted octanol–water partition coefficient (Wildman–Crippen LogP) is 1.65. The van der Waals surface area contributed by atoms with Crippen molar-refractivity contribution < 1.29 is 8.42 Å². The first-order valence-corrected chi connectivity index (χ1v) is 8.45. The molecular formula is C13H17N3O2S2. The molecular weight excluding hydrogens is 294 g/mol. The smallest absolute Gasteiger partial charge is 0.250 e. The highest BCUT2D eigenvalue weighted by Gasteiger charge is 2.18. The van der Waals surface area contributed by atoms with Gasteiger partial charge in [-0.1, -0.05) is 0 Å². The summed E-state index contributed by atoms with van der Waals surface area (Å²) in [5, 5.41) is 3.04. The number of hydrogen-bond donors (Lipinski definition) is 2. The average Bonchev–Trinajstić information content (AvgIpc) is 2.81. The zero-order chi connectivity index (χ0) is 14.6. The standard InChI is InChI=1S/C13H17N3O2S2/c1-10-7-13(19-12(10)9-14-2)20(17,18)16-8-11-3-5-15-6-4-11/h3-7,14,16H,8-9H2,1-2H3. The van der Waals surface area contributed by atoms with Crippen molar-refractivity contribution in [3.05, 3.63) is 46.6 Å². The fourth-order valence-electron chi connectivity index (χ4n) is 1.71. The summed E-state index contributed by atoms with van der Waals surface area (Å²) in [4.78, 5) is 4.94. The zero-order valence-corrected chi connectivity index (χ0v) is 13.0. The van der Waals surface area contributed by atoms with E-state index in [9.17, 15) is 8.42 Å². The van der Waals surface area contributed by atoms with Gasteiger partial charge in [0.05, 0.1) is 0 Å². The Morgan fingerprint density at radius 3 is 2.60 bits per heavy atom. The molecule has 0 aliphatic rings. The van der Waals surface area contributed by atoms with Gasteiger partial charge in [-0.05, 0) is 43.3 Å². The van der Waals surface area contributed by atoms with E-state index in [0.717, 1.165) is 16.0 Å². The fourth-order valence-corrected chi connectivity index (χ4v) is 4.37. The van der Waals surface area contributed by atoms with E-state index in [1.165, 1.54) is 11.3 Å². The van der Waals surface area contributed by atoms with Crippen molar-refractivity contribution in [1.82, 2.24) is 15.0 Å². The summed E-state index contributed by atoms with van der Waals surface area (Å²) in [7, 11) is -1.62. The first-order valence-electron chi connectivity index (χ1n) is 6.15. The van der Waals surface area contributed by atoms with E-state index in [1.807, 2.05) is 14.0 Å². The van der Waals surface area contributed by atoms with Gasteiger partial charge >= 0.3 is 0 Å². The molecule has 0 saturated heterocycles. The molecule has 0 unspecified atom stereocenters. The molecule has 0 saturated carbocycles. The number of sulfonamides is 1. The molecule has 0 radical (unpaired) electrons. The quantitative estimate of drug-likeness (QED) is 0.851. The van der Waals surface area contributed by atoms with Crippen molar-refractivity contribution in [3.8, 4) is 0 Å². The monoisotopic (exact) mass is 311 g/mol. The van der Waals surface area contributed by atoms with Crippen LogP contribution in [0, 0.1) is 6.92 Å². The van der Waals surface area contributed by atoms with Crippen molar-refractivity contribution in [3.63, 3.8) is 0 Å². The fraction of sp³-hybridized carbons (Fsp3) is 0.308. The Bertz CT molecular complexity index is 666. The van der Waals surface area contributed by atoms with Crippen molar-refractivity contribution in [2.45, 2.75) is 24.2 Å². The number of nitrogens with zero attached hydrogens (tertiary/aromatic N) is 1. The number of pyridine rings is 1. The summed E-state index contributed by atoms with van der Waals surface area (Å²) in [6, 6.07) is 5.29. The molecule has 2 heterocycles. The van der Waals surface area contributed by atoms with Crippen LogP contribution in [0.15, 0.2) is 34.8 Å². The van der Waals surface area contributed by atoms with E-state index in [2.05, 4.69) is 15.0 Å². The van der Waals surface area contributed by atoms with Crippen LogP contribution in [0.1, 0.15) is 16.0 Å². The third kappa shape index (κ3) is 3.63. The van der Waals surface area contributed by atoms with Gasteiger partial charge < -0.3 is 5.32 Å². The summed E-state index contributed by atoms with van der Waals surface area (Å²) in [5.41, 5.74) is 1.88. The lowest BCUT2D eigenvalue weighted by Crippen LogP contribution is -2.22. The van der Waals surface area contributed by atoms with Crippen LogP contribution in [0.4, 0.5) is 0 Å². The van der Waals surface area contributed by atoms with Crippen molar-refractivity contribution in [2.75, 3.05) is 7.05 Å². The van der Waals surface area contributed by atoms with Crippen LogP contribution < -0.4 is 10.0 Å². The molecule has 0 fully saturated rings. The Morgan fingerprint density at radius 2 is 1.95 bits per heavy atom. The number of hydrogen-bond acceptors (Lipinski definition) is 5. The lowest BCUT2D eigenvalue weighted by molar-refractivity contribution is 0.583. The molecule has 0 bridgehead atoms. The van der Waals surface area contributed by atoms with Crippen molar-refractivity contribution in [2.24, 2.45) is 0 Å². The van der Waals surface area contributed by atoms with Crippen LogP contribution in [0.2, 0.25) is 0 Å². The molecule has 108 valence electrons. The average molecular weight is 311 g/mol. The molecule has 0 atom stereocenters. The van der Waals surface area contributed by atoms with Crippen LogP contribution >= 0.6 is 11.3 Å². The summed E-state index contributed by atoms with van der Waals surface area (Å²) in [5.74, 6) is 0. The van der Waals surface area contributed by atoms with Gasteiger partial charge in [0.2, 0.25) is 10.0 Å². The second kappa shape index (κ2) is 6.45. The van der Waals surface area contributed by atoms with Crippen LogP contribution in [0.5, 0.6) is 0 Å². The maximum Gasteiger partial charge on any atom is 0.250 e. The predicted molar refractivity (Wildman–Crippen MR) is 80.1 cm³/mol. The molecule has 0 aliphatic carbocycles. The van der Waals surface area contributed by atoms with Gasteiger partial charge in [0.15, 0.2) is 0 Å². The maximum atomic E-state index is 12.2. The lowest BCUT2D eigenvalue weighted by Gasteiger charge is -2.04. The molecule has 2 aromatic rings. The minimum absolute atomic E-state index is 0.267. The molecule has 0 spiro atoms. The second-order valence-electron chi connectivity index (χ2n) is 4.38. The van der Waals surface area contributed by atoms with Crippen LogP contribution in [-0.2, 0) is 23.1 Å². The van der Waals surface area contributed by atoms with Gasteiger partial charge in [-0.3, -0.25) is 4.98 Å². The van der Waals surface area contributed by atoms with Gasteiger partial charge in [0.1, 0.15) is 4.21 Å². The molecule has 2 aromatic heterocycles. The number of rotatable bonds is 6. The Hall–Kier alpha value is -1.28. The molecule has 0 aromatic carbocycles. The van der Waals surface area contributed by atoms with Crippen LogP contribution in [0.3, 0.4) is 0 Å². The molecule has 20 heavy (non-hydrogen) atoms. The Morgan fingerprint density at radius 1 is 1.25 bits per heavy atom. The first-order chi connectivity index (χ1) is 9.53. The molecule has 2 rings (SSSR count). The lowest BCUT2D eigenvalue weighted by atomic mass is 10.3. The summed E-state index contributed by atoms with van der Waals surface area (Å²) in [6.07, 6.45) is 3.29. The largest absolute Gasteiger partial charge is 0.315 e. The molecule has 0 amide bonds. The van der Waals surface area contributed by atoms with E-state index in [-0.39, 0.29) is 6.54 Å². The first kappa shape index (κ1) is 15.1. The highest BCUT2D eigenvalue weighted by atomic mass is 32.2. The van der Waals surface area contributed by atoms with Gasteiger partial charge in [0, 0.05) is 30.4 Å². The molecule has 5 nitrogen and oxygen atoms in total.